The van der Waals surface area contributed by atoms with Crippen LogP contribution in [0.15, 0.2) is 76.5 Å². The highest BCUT2D eigenvalue weighted by molar-refractivity contribution is 5.92. The number of carbonyl (C=O) groups is 1. The van der Waals surface area contributed by atoms with Gasteiger partial charge in [-0.2, -0.15) is 5.10 Å². The van der Waals surface area contributed by atoms with E-state index in [-0.39, 0.29) is 12.5 Å². The SMILES string of the molecule is O=C(COc1ccc2ccc(=O)oc2c1)Nc1ccc(-n2cncn2)cc1. The quantitative estimate of drug-likeness (QED) is 0.547. The predicted octanol–water partition coefficient (Wildman–Crippen LogP) is 2.39. The molecule has 0 saturated carbocycles. The number of nitrogens with zero attached hydrogens (tertiary/aromatic N) is 3. The topological polar surface area (TPSA) is 99.2 Å². The van der Waals surface area contributed by atoms with Crippen LogP contribution in [0.5, 0.6) is 5.75 Å². The standard InChI is InChI=1S/C19H14N4O4/c24-18(22-14-3-5-15(6-4-14)23-12-20-11-21-23)10-26-16-7-1-13-2-8-19(25)27-17(13)9-16/h1-9,11-12H,10H2,(H,22,24). The molecular formula is C19H14N4O4. The molecule has 1 N–H and O–H groups in total. The summed E-state index contributed by atoms with van der Waals surface area (Å²) in [6, 6.07) is 15.2. The number of hydrogen-bond donors (Lipinski definition) is 1. The summed E-state index contributed by atoms with van der Waals surface area (Å²) in [4.78, 5) is 27.3. The highest BCUT2D eigenvalue weighted by Crippen LogP contribution is 2.19. The van der Waals surface area contributed by atoms with Gasteiger partial charge in [-0.1, -0.05) is 0 Å². The van der Waals surface area contributed by atoms with Crippen LogP contribution in [0.3, 0.4) is 0 Å². The minimum atomic E-state index is -0.438. The molecule has 0 saturated heterocycles. The third-order valence-corrected chi connectivity index (χ3v) is 3.80. The molecule has 0 aliphatic heterocycles. The average molecular weight is 362 g/mol. The van der Waals surface area contributed by atoms with Crippen LogP contribution < -0.4 is 15.7 Å². The van der Waals surface area contributed by atoms with Crippen LogP contribution >= 0.6 is 0 Å². The normalized spacial score (nSPS) is 10.7. The molecule has 8 heteroatoms. The molecule has 1 amide bonds. The van der Waals surface area contributed by atoms with Crippen molar-refractivity contribution in [3.05, 3.63) is 77.7 Å². The molecule has 0 aliphatic rings. The van der Waals surface area contributed by atoms with E-state index < -0.39 is 5.63 Å². The second-order valence-electron chi connectivity index (χ2n) is 5.68. The van der Waals surface area contributed by atoms with Crippen LogP contribution in [0, 0.1) is 0 Å². The van der Waals surface area contributed by atoms with Crippen molar-refractivity contribution in [2.75, 3.05) is 11.9 Å². The Morgan fingerprint density at radius 1 is 1.11 bits per heavy atom. The summed E-state index contributed by atoms with van der Waals surface area (Å²) in [6.07, 6.45) is 3.04. The molecule has 4 aromatic rings. The molecule has 4 rings (SSSR count). The van der Waals surface area contributed by atoms with Gasteiger partial charge in [-0.3, -0.25) is 4.79 Å². The van der Waals surface area contributed by atoms with Gasteiger partial charge in [-0.15, -0.1) is 0 Å². The summed E-state index contributed by atoms with van der Waals surface area (Å²) < 4.78 is 12.2. The van der Waals surface area contributed by atoms with E-state index in [9.17, 15) is 9.59 Å². The predicted molar refractivity (Wildman–Crippen MR) is 98.0 cm³/mol. The second kappa shape index (κ2) is 7.12. The molecule has 2 heterocycles. The third kappa shape index (κ3) is 3.84. The van der Waals surface area contributed by atoms with Crippen LogP contribution in [-0.2, 0) is 4.79 Å². The van der Waals surface area contributed by atoms with E-state index in [2.05, 4.69) is 15.4 Å². The lowest BCUT2D eigenvalue weighted by molar-refractivity contribution is -0.118. The van der Waals surface area contributed by atoms with Gasteiger partial charge in [0.15, 0.2) is 6.61 Å². The van der Waals surface area contributed by atoms with Gasteiger partial charge in [0.1, 0.15) is 24.0 Å². The van der Waals surface area contributed by atoms with E-state index in [4.69, 9.17) is 9.15 Å². The lowest BCUT2D eigenvalue weighted by Gasteiger charge is -2.08. The van der Waals surface area contributed by atoms with Crippen molar-refractivity contribution in [2.45, 2.75) is 0 Å². The van der Waals surface area contributed by atoms with Crippen LogP contribution in [-0.4, -0.2) is 27.3 Å². The van der Waals surface area contributed by atoms with Gasteiger partial charge in [0, 0.05) is 23.2 Å². The number of ether oxygens (including phenoxy) is 1. The first-order valence-electron chi connectivity index (χ1n) is 8.09. The number of carbonyl (C=O) groups excluding carboxylic acids is 1. The van der Waals surface area contributed by atoms with E-state index in [0.29, 0.717) is 17.0 Å². The number of aromatic nitrogens is 3. The number of fused-ring (bicyclic) bond motifs is 1. The molecule has 0 aliphatic carbocycles. The number of amides is 1. The lowest BCUT2D eigenvalue weighted by Crippen LogP contribution is -2.20. The van der Waals surface area contributed by atoms with Crippen LogP contribution in [0.1, 0.15) is 0 Å². The molecule has 134 valence electrons. The fourth-order valence-electron chi connectivity index (χ4n) is 2.52. The van der Waals surface area contributed by atoms with Crippen molar-refractivity contribution in [1.29, 1.82) is 0 Å². The maximum atomic E-state index is 12.1. The zero-order chi connectivity index (χ0) is 18.6. The Morgan fingerprint density at radius 2 is 1.93 bits per heavy atom. The Labute approximate surface area is 153 Å². The van der Waals surface area contributed by atoms with Gasteiger partial charge in [0.25, 0.3) is 5.91 Å². The Kier molecular flexibility index (Phi) is 4.36. The Morgan fingerprint density at radius 3 is 2.70 bits per heavy atom. The van der Waals surface area contributed by atoms with Crippen molar-refractivity contribution in [2.24, 2.45) is 0 Å². The summed E-state index contributed by atoms with van der Waals surface area (Å²) >= 11 is 0. The smallest absolute Gasteiger partial charge is 0.336 e. The van der Waals surface area contributed by atoms with Crippen molar-refractivity contribution in [1.82, 2.24) is 14.8 Å². The molecule has 0 unspecified atom stereocenters. The highest BCUT2D eigenvalue weighted by atomic mass is 16.5. The molecule has 2 aromatic heterocycles. The zero-order valence-corrected chi connectivity index (χ0v) is 14.0. The van der Waals surface area contributed by atoms with Gasteiger partial charge in [-0.05, 0) is 42.5 Å². The van der Waals surface area contributed by atoms with Gasteiger partial charge >= 0.3 is 5.63 Å². The Bertz CT molecular complexity index is 1130. The zero-order valence-electron chi connectivity index (χ0n) is 14.0. The van der Waals surface area contributed by atoms with Crippen molar-refractivity contribution in [3.63, 3.8) is 0 Å². The summed E-state index contributed by atoms with van der Waals surface area (Å²) in [5.74, 6) is 0.131. The van der Waals surface area contributed by atoms with Crippen molar-refractivity contribution < 1.29 is 13.9 Å². The molecule has 27 heavy (non-hydrogen) atoms. The number of hydrogen-bond acceptors (Lipinski definition) is 6. The largest absolute Gasteiger partial charge is 0.484 e. The minimum Gasteiger partial charge on any atom is -0.484 e. The molecule has 0 spiro atoms. The Balaban J connectivity index is 1.37. The molecule has 0 radical (unpaired) electrons. The lowest BCUT2D eigenvalue weighted by atomic mass is 10.2. The van der Waals surface area contributed by atoms with Crippen molar-refractivity contribution in [3.8, 4) is 11.4 Å². The average Bonchev–Trinajstić information content (AvgIpc) is 3.21. The number of rotatable bonds is 5. The van der Waals surface area contributed by atoms with E-state index in [1.54, 1.807) is 47.4 Å². The number of anilines is 1. The van der Waals surface area contributed by atoms with Gasteiger partial charge < -0.3 is 14.5 Å². The number of benzene rings is 2. The fourth-order valence-corrected chi connectivity index (χ4v) is 2.52. The molecule has 0 bridgehead atoms. The summed E-state index contributed by atoms with van der Waals surface area (Å²) in [6.45, 7) is -0.173. The third-order valence-electron chi connectivity index (χ3n) is 3.80. The first-order chi connectivity index (χ1) is 13.2. The molecule has 2 aromatic carbocycles. The van der Waals surface area contributed by atoms with Gasteiger partial charge in [0.05, 0.1) is 5.69 Å². The maximum absolute atomic E-state index is 12.1. The molecular weight excluding hydrogens is 348 g/mol. The summed E-state index contributed by atoms with van der Waals surface area (Å²) in [5.41, 5.74) is 1.44. The first-order valence-corrected chi connectivity index (χ1v) is 8.09. The van der Waals surface area contributed by atoms with Gasteiger partial charge in [-0.25, -0.2) is 14.5 Å². The highest BCUT2D eigenvalue weighted by Gasteiger charge is 2.06. The molecule has 0 atom stereocenters. The maximum Gasteiger partial charge on any atom is 0.336 e. The second-order valence-corrected chi connectivity index (χ2v) is 5.68. The van der Waals surface area contributed by atoms with Gasteiger partial charge in [0.2, 0.25) is 0 Å². The van der Waals surface area contributed by atoms with E-state index in [1.807, 2.05) is 12.1 Å². The molecule has 8 nitrogen and oxygen atoms in total. The van der Waals surface area contributed by atoms with Crippen LogP contribution in [0.2, 0.25) is 0 Å². The summed E-state index contributed by atoms with van der Waals surface area (Å²) in [7, 11) is 0. The first kappa shape index (κ1) is 16.5. The minimum absolute atomic E-state index is 0.173. The molecule has 0 fully saturated rings. The van der Waals surface area contributed by atoms with E-state index in [0.717, 1.165) is 11.1 Å². The van der Waals surface area contributed by atoms with Crippen LogP contribution in [0.4, 0.5) is 5.69 Å². The monoisotopic (exact) mass is 362 g/mol. The van der Waals surface area contributed by atoms with Crippen LogP contribution in [0.25, 0.3) is 16.7 Å². The Hall–Kier alpha value is -3.94. The van der Waals surface area contributed by atoms with E-state index in [1.165, 1.54) is 12.4 Å². The summed E-state index contributed by atoms with van der Waals surface area (Å²) in [5, 5.41) is 7.56. The number of nitrogens with one attached hydrogen (secondary N) is 1. The van der Waals surface area contributed by atoms with E-state index >= 15 is 0 Å². The fraction of sp³-hybridized carbons (Fsp3) is 0.0526. The van der Waals surface area contributed by atoms with Crippen molar-refractivity contribution >= 4 is 22.6 Å².